The molecule has 3 aromatic rings. The summed E-state index contributed by atoms with van der Waals surface area (Å²) in [6.45, 7) is 2.95. The van der Waals surface area contributed by atoms with Crippen molar-refractivity contribution in [1.29, 1.82) is 5.26 Å². The van der Waals surface area contributed by atoms with Crippen LogP contribution in [0.4, 0.5) is 4.39 Å². The molecule has 2 aromatic carbocycles. The minimum atomic E-state index is -0.188. The van der Waals surface area contributed by atoms with Crippen molar-refractivity contribution >= 4 is 11.6 Å². The number of rotatable bonds is 2. The van der Waals surface area contributed by atoms with Gasteiger partial charge >= 0.3 is 0 Å². The van der Waals surface area contributed by atoms with Crippen LogP contribution < -0.4 is 0 Å². The van der Waals surface area contributed by atoms with E-state index in [4.69, 9.17) is 10.2 Å². The number of nitriles is 1. The van der Waals surface area contributed by atoms with Crippen LogP contribution in [0.15, 0.2) is 42.6 Å². The molecular formula is C24H20FN3. The van der Waals surface area contributed by atoms with Crippen molar-refractivity contribution in [1.82, 2.24) is 9.55 Å². The van der Waals surface area contributed by atoms with Crippen molar-refractivity contribution < 1.29 is 4.39 Å². The average molecular weight is 369 g/mol. The van der Waals surface area contributed by atoms with Gasteiger partial charge in [-0.3, -0.25) is 0 Å². The number of imidazole rings is 1. The van der Waals surface area contributed by atoms with Crippen molar-refractivity contribution in [3.63, 3.8) is 0 Å². The molecule has 3 nitrogen and oxygen atoms in total. The maximum absolute atomic E-state index is 13.6. The molecule has 1 atom stereocenters. The van der Waals surface area contributed by atoms with Gasteiger partial charge in [0.2, 0.25) is 0 Å². The van der Waals surface area contributed by atoms with Crippen molar-refractivity contribution in [2.24, 2.45) is 0 Å². The number of benzene rings is 2. The highest BCUT2D eigenvalue weighted by atomic mass is 19.1. The number of aromatic nitrogens is 2. The topological polar surface area (TPSA) is 41.6 Å². The molecule has 0 saturated heterocycles. The van der Waals surface area contributed by atoms with Crippen LogP contribution >= 0.6 is 0 Å². The molecule has 2 aliphatic rings. The van der Waals surface area contributed by atoms with Gasteiger partial charge in [-0.05, 0) is 77.9 Å². The molecule has 0 radical (unpaired) electrons. The van der Waals surface area contributed by atoms with Gasteiger partial charge in [-0.2, -0.15) is 5.26 Å². The lowest BCUT2D eigenvalue weighted by molar-refractivity contribution is 0.478. The van der Waals surface area contributed by atoms with Crippen LogP contribution in [-0.2, 0) is 13.0 Å². The van der Waals surface area contributed by atoms with E-state index in [-0.39, 0.29) is 11.7 Å². The van der Waals surface area contributed by atoms with Crippen molar-refractivity contribution in [2.45, 2.75) is 38.6 Å². The zero-order valence-electron chi connectivity index (χ0n) is 15.7. The summed E-state index contributed by atoms with van der Waals surface area (Å²) < 4.78 is 15.8. The van der Waals surface area contributed by atoms with Crippen LogP contribution in [-0.4, -0.2) is 9.55 Å². The van der Waals surface area contributed by atoms with Crippen molar-refractivity contribution in [2.75, 3.05) is 0 Å². The zero-order chi connectivity index (χ0) is 19.3. The van der Waals surface area contributed by atoms with Gasteiger partial charge in [-0.25, -0.2) is 9.37 Å². The molecule has 0 spiro atoms. The first-order valence-corrected chi connectivity index (χ1v) is 9.69. The first kappa shape index (κ1) is 16.9. The Labute approximate surface area is 163 Å². The van der Waals surface area contributed by atoms with Crippen LogP contribution in [0, 0.1) is 24.1 Å². The number of nitrogens with zero attached hydrogens (tertiary/aromatic N) is 3. The lowest BCUT2D eigenvalue weighted by atomic mass is 9.88. The van der Waals surface area contributed by atoms with Crippen molar-refractivity contribution in [3.8, 4) is 6.07 Å². The Hall–Kier alpha value is -3.19. The largest absolute Gasteiger partial charge is 0.334 e. The SMILES string of the molecule is Cc1cc(F)ccc1C1CCCn2cc(C3=Cc4cc(C#N)ccc4C3)nc21. The van der Waals surface area contributed by atoms with Crippen LogP contribution in [0.2, 0.25) is 0 Å². The average Bonchev–Trinajstić information content (AvgIpc) is 3.31. The van der Waals surface area contributed by atoms with Gasteiger partial charge in [0.1, 0.15) is 11.6 Å². The third kappa shape index (κ3) is 2.75. The summed E-state index contributed by atoms with van der Waals surface area (Å²) >= 11 is 0. The highest BCUT2D eigenvalue weighted by molar-refractivity contribution is 5.87. The Bertz CT molecular complexity index is 1160. The molecule has 4 heteroatoms. The molecule has 0 saturated carbocycles. The summed E-state index contributed by atoms with van der Waals surface area (Å²) in [5.41, 5.74) is 7.41. The Morgan fingerprint density at radius 1 is 1.21 bits per heavy atom. The highest BCUT2D eigenvalue weighted by Crippen LogP contribution is 2.37. The normalized spacial score (nSPS) is 17.6. The van der Waals surface area contributed by atoms with E-state index in [2.05, 4.69) is 22.9 Å². The Balaban J connectivity index is 1.52. The van der Waals surface area contributed by atoms with Crippen LogP contribution in [0.25, 0.3) is 11.6 Å². The van der Waals surface area contributed by atoms with Gasteiger partial charge < -0.3 is 4.57 Å². The highest BCUT2D eigenvalue weighted by Gasteiger charge is 2.27. The predicted molar refractivity (Wildman–Crippen MR) is 107 cm³/mol. The van der Waals surface area contributed by atoms with E-state index in [0.717, 1.165) is 48.5 Å². The Kier molecular flexibility index (Phi) is 3.91. The molecule has 0 fully saturated rings. The summed E-state index contributed by atoms with van der Waals surface area (Å²) in [5, 5.41) is 9.13. The van der Waals surface area contributed by atoms with E-state index >= 15 is 0 Å². The number of fused-ring (bicyclic) bond motifs is 2. The first-order valence-electron chi connectivity index (χ1n) is 9.69. The smallest absolute Gasteiger partial charge is 0.123 e. The van der Waals surface area contributed by atoms with Crippen molar-refractivity contribution in [3.05, 3.63) is 87.7 Å². The summed E-state index contributed by atoms with van der Waals surface area (Å²) in [4.78, 5) is 5.02. The maximum Gasteiger partial charge on any atom is 0.123 e. The van der Waals surface area contributed by atoms with E-state index in [1.807, 2.05) is 31.2 Å². The molecule has 1 unspecified atom stereocenters. The van der Waals surface area contributed by atoms with Gasteiger partial charge in [-0.1, -0.05) is 12.1 Å². The molecule has 0 bridgehead atoms. The lowest BCUT2D eigenvalue weighted by Crippen LogP contribution is -2.17. The number of hydrogen-bond acceptors (Lipinski definition) is 2. The number of allylic oxidation sites excluding steroid dienone is 1. The van der Waals surface area contributed by atoms with E-state index in [1.165, 1.54) is 16.7 Å². The molecule has 2 heterocycles. The molecule has 1 aromatic heterocycles. The molecule has 5 rings (SSSR count). The second kappa shape index (κ2) is 6.45. The number of aryl methyl sites for hydroxylation is 2. The fraction of sp³-hybridized carbons (Fsp3) is 0.250. The molecule has 0 amide bonds. The minimum absolute atomic E-state index is 0.188. The van der Waals surface area contributed by atoms with E-state index in [1.54, 1.807) is 12.1 Å². The minimum Gasteiger partial charge on any atom is -0.334 e. The van der Waals surface area contributed by atoms with Gasteiger partial charge in [-0.15, -0.1) is 0 Å². The van der Waals surface area contributed by atoms with Gasteiger partial charge in [0, 0.05) is 25.1 Å². The molecule has 1 aliphatic carbocycles. The van der Waals surface area contributed by atoms with Gasteiger partial charge in [0.25, 0.3) is 0 Å². The second-order valence-electron chi connectivity index (χ2n) is 7.75. The molecule has 0 N–H and O–H groups in total. The molecule has 138 valence electrons. The fourth-order valence-electron chi connectivity index (χ4n) is 4.53. The van der Waals surface area contributed by atoms with Crippen LogP contribution in [0.3, 0.4) is 0 Å². The monoisotopic (exact) mass is 369 g/mol. The zero-order valence-corrected chi connectivity index (χ0v) is 15.7. The third-order valence-corrected chi connectivity index (χ3v) is 5.93. The van der Waals surface area contributed by atoms with E-state index < -0.39 is 0 Å². The quantitative estimate of drug-likeness (QED) is 0.621. The third-order valence-electron chi connectivity index (χ3n) is 5.93. The maximum atomic E-state index is 13.6. The molecule has 28 heavy (non-hydrogen) atoms. The summed E-state index contributed by atoms with van der Waals surface area (Å²) in [5.74, 6) is 1.09. The number of halogens is 1. The lowest BCUT2D eigenvalue weighted by Gasteiger charge is -2.25. The first-order chi connectivity index (χ1) is 13.6. The van der Waals surface area contributed by atoms with Gasteiger partial charge in [0.05, 0.1) is 17.3 Å². The summed E-state index contributed by atoms with van der Waals surface area (Å²) in [6, 6.07) is 13.1. The fourth-order valence-corrected chi connectivity index (χ4v) is 4.53. The van der Waals surface area contributed by atoms with E-state index in [0.29, 0.717) is 5.56 Å². The molecular weight excluding hydrogens is 349 g/mol. The second-order valence-corrected chi connectivity index (χ2v) is 7.75. The van der Waals surface area contributed by atoms with E-state index in [9.17, 15) is 4.39 Å². The molecule has 1 aliphatic heterocycles. The van der Waals surface area contributed by atoms with Crippen LogP contribution in [0.1, 0.15) is 58.1 Å². The Morgan fingerprint density at radius 3 is 2.93 bits per heavy atom. The van der Waals surface area contributed by atoms with Gasteiger partial charge in [0.15, 0.2) is 0 Å². The Morgan fingerprint density at radius 2 is 2.11 bits per heavy atom. The van der Waals surface area contributed by atoms with Crippen LogP contribution in [0.5, 0.6) is 0 Å². The summed E-state index contributed by atoms with van der Waals surface area (Å²) in [6.07, 6.45) is 7.28. The standard InChI is InChI=1S/C24H20FN3/c1-15-9-20(25)6-7-21(15)22-3-2-8-28-14-23(27-24(22)28)19-11-17-5-4-16(13-26)10-18(17)12-19/h4-7,9-10,12,14,22H,2-3,8,11H2,1H3. The summed E-state index contributed by atoms with van der Waals surface area (Å²) in [7, 11) is 0. The number of hydrogen-bond donors (Lipinski definition) is 0. The predicted octanol–water partition coefficient (Wildman–Crippen LogP) is 5.22.